The normalized spacial score (nSPS) is 17.1. The van der Waals surface area contributed by atoms with Gasteiger partial charge in [0.15, 0.2) is 0 Å². The monoisotopic (exact) mass is 247 g/mol. The molecule has 2 rings (SSSR count). The summed E-state index contributed by atoms with van der Waals surface area (Å²) in [5.74, 6) is 0. The first-order chi connectivity index (χ1) is 8.13. The Morgan fingerprint density at radius 3 is 2.53 bits per heavy atom. The molecule has 1 saturated carbocycles. The summed E-state index contributed by atoms with van der Waals surface area (Å²) in [5, 5.41) is 0. The molecule has 0 saturated heterocycles. The second-order valence-corrected chi connectivity index (χ2v) is 5.58. The molecule has 1 aromatic rings. The standard InChI is InChI=1S/C14H17NOS/c1-10-7-12(17-3)8-13(11(10)2)14(15-9-16)5-4-6-14/h7-8H,4-6H2,1-3H3. The van der Waals surface area contributed by atoms with E-state index in [0.717, 1.165) is 19.3 Å². The minimum absolute atomic E-state index is 0.275. The van der Waals surface area contributed by atoms with Crippen LogP contribution in [0, 0.1) is 13.8 Å². The van der Waals surface area contributed by atoms with Crippen molar-refractivity contribution < 1.29 is 4.79 Å². The predicted molar refractivity (Wildman–Crippen MR) is 71.3 cm³/mol. The second-order valence-electron chi connectivity index (χ2n) is 4.71. The molecule has 0 bridgehead atoms. The van der Waals surface area contributed by atoms with E-state index in [0.29, 0.717) is 0 Å². The van der Waals surface area contributed by atoms with Crippen molar-refractivity contribution in [2.24, 2.45) is 4.99 Å². The van der Waals surface area contributed by atoms with Crippen LogP contribution >= 0.6 is 11.8 Å². The van der Waals surface area contributed by atoms with Gasteiger partial charge in [-0.2, -0.15) is 4.99 Å². The van der Waals surface area contributed by atoms with E-state index in [9.17, 15) is 4.79 Å². The van der Waals surface area contributed by atoms with Gasteiger partial charge in [-0.1, -0.05) is 0 Å². The second kappa shape index (κ2) is 4.67. The van der Waals surface area contributed by atoms with Crippen LogP contribution in [-0.4, -0.2) is 12.3 Å². The van der Waals surface area contributed by atoms with Gasteiger partial charge in [-0.3, -0.25) is 0 Å². The zero-order chi connectivity index (χ0) is 12.5. The van der Waals surface area contributed by atoms with Gasteiger partial charge in [0.2, 0.25) is 6.08 Å². The SMILES string of the molecule is CSc1cc(C)c(C)c(C2(N=C=O)CCC2)c1. The van der Waals surface area contributed by atoms with Crippen molar-refractivity contribution in [1.29, 1.82) is 0 Å². The highest BCUT2D eigenvalue weighted by molar-refractivity contribution is 7.98. The highest BCUT2D eigenvalue weighted by atomic mass is 32.2. The van der Waals surface area contributed by atoms with Crippen LogP contribution in [0.15, 0.2) is 22.0 Å². The largest absolute Gasteiger partial charge is 0.235 e. The van der Waals surface area contributed by atoms with Crippen molar-refractivity contribution in [3.05, 3.63) is 28.8 Å². The highest BCUT2D eigenvalue weighted by Crippen LogP contribution is 2.47. The van der Waals surface area contributed by atoms with Crippen molar-refractivity contribution in [3.8, 4) is 0 Å². The van der Waals surface area contributed by atoms with Crippen molar-refractivity contribution in [2.75, 3.05) is 6.26 Å². The Bertz CT molecular complexity index is 485. The van der Waals surface area contributed by atoms with Crippen LogP contribution in [0.4, 0.5) is 0 Å². The fourth-order valence-electron chi connectivity index (χ4n) is 2.47. The van der Waals surface area contributed by atoms with Gasteiger partial charge in [0, 0.05) is 4.90 Å². The molecule has 0 heterocycles. The fraction of sp³-hybridized carbons (Fsp3) is 0.500. The van der Waals surface area contributed by atoms with Gasteiger partial charge in [0.25, 0.3) is 0 Å². The smallest absolute Gasteiger partial charge is 0.211 e. The van der Waals surface area contributed by atoms with E-state index in [1.54, 1.807) is 17.8 Å². The van der Waals surface area contributed by atoms with Gasteiger partial charge in [0.05, 0.1) is 5.54 Å². The van der Waals surface area contributed by atoms with E-state index < -0.39 is 0 Å². The lowest BCUT2D eigenvalue weighted by Crippen LogP contribution is -2.33. The number of carbonyl (C=O) groups excluding carboxylic acids is 1. The quantitative estimate of drug-likeness (QED) is 0.462. The molecule has 3 heteroatoms. The van der Waals surface area contributed by atoms with Gasteiger partial charge in [0.1, 0.15) is 0 Å². The van der Waals surface area contributed by atoms with E-state index >= 15 is 0 Å². The topological polar surface area (TPSA) is 29.4 Å². The number of isocyanates is 1. The van der Waals surface area contributed by atoms with Crippen molar-refractivity contribution in [2.45, 2.75) is 43.5 Å². The molecule has 2 nitrogen and oxygen atoms in total. The Balaban J connectivity index is 2.57. The fourth-order valence-corrected chi connectivity index (χ4v) is 3.00. The predicted octanol–water partition coefficient (Wildman–Crippen LogP) is 3.74. The molecule has 0 unspecified atom stereocenters. The molecule has 0 radical (unpaired) electrons. The van der Waals surface area contributed by atoms with Gasteiger partial charge >= 0.3 is 0 Å². The zero-order valence-corrected chi connectivity index (χ0v) is 11.4. The van der Waals surface area contributed by atoms with E-state index in [1.807, 2.05) is 0 Å². The molecule has 0 atom stereocenters. The number of hydrogen-bond donors (Lipinski definition) is 0. The maximum Gasteiger partial charge on any atom is 0.235 e. The zero-order valence-electron chi connectivity index (χ0n) is 10.5. The lowest BCUT2D eigenvalue weighted by atomic mass is 9.70. The summed E-state index contributed by atoms with van der Waals surface area (Å²) in [6.45, 7) is 4.24. The Morgan fingerprint density at radius 2 is 2.06 bits per heavy atom. The molecule has 1 aliphatic rings. The van der Waals surface area contributed by atoms with Crippen LogP contribution in [0.25, 0.3) is 0 Å². The number of rotatable bonds is 3. The minimum Gasteiger partial charge on any atom is -0.211 e. The summed E-state index contributed by atoms with van der Waals surface area (Å²) in [6, 6.07) is 4.38. The average Bonchev–Trinajstić information content (AvgIpc) is 2.27. The van der Waals surface area contributed by atoms with Crippen LogP contribution in [-0.2, 0) is 10.3 Å². The van der Waals surface area contributed by atoms with E-state index in [1.165, 1.54) is 21.6 Å². The van der Waals surface area contributed by atoms with Crippen molar-refractivity contribution in [3.63, 3.8) is 0 Å². The summed E-state index contributed by atoms with van der Waals surface area (Å²) in [7, 11) is 0. The Hall–Kier alpha value is -1.05. The van der Waals surface area contributed by atoms with E-state index in [2.05, 4.69) is 37.2 Å². The summed E-state index contributed by atoms with van der Waals surface area (Å²) >= 11 is 1.73. The lowest BCUT2D eigenvalue weighted by Gasteiger charge is -2.38. The third kappa shape index (κ3) is 2.05. The number of benzene rings is 1. The third-order valence-electron chi connectivity index (χ3n) is 3.82. The number of aryl methyl sites for hydroxylation is 1. The molecule has 1 fully saturated rings. The molecule has 0 aliphatic heterocycles. The van der Waals surface area contributed by atoms with Gasteiger partial charge < -0.3 is 0 Å². The van der Waals surface area contributed by atoms with Gasteiger partial charge in [-0.05, 0) is 68.2 Å². The molecule has 0 aromatic heterocycles. The van der Waals surface area contributed by atoms with Crippen molar-refractivity contribution in [1.82, 2.24) is 0 Å². The molecular formula is C14H17NOS. The molecule has 0 spiro atoms. The molecule has 0 amide bonds. The van der Waals surface area contributed by atoms with Crippen LogP contribution < -0.4 is 0 Å². The molecular weight excluding hydrogens is 230 g/mol. The maximum absolute atomic E-state index is 10.6. The minimum atomic E-state index is -0.275. The Kier molecular flexibility index (Phi) is 3.41. The molecule has 17 heavy (non-hydrogen) atoms. The first-order valence-electron chi connectivity index (χ1n) is 5.88. The molecule has 90 valence electrons. The Morgan fingerprint density at radius 1 is 1.35 bits per heavy atom. The maximum atomic E-state index is 10.6. The first kappa shape index (κ1) is 12.4. The van der Waals surface area contributed by atoms with Crippen LogP contribution in [0.3, 0.4) is 0 Å². The molecule has 1 aliphatic carbocycles. The van der Waals surface area contributed by atoms with Gasteiger partial charge in [-0.15, -0.1) is 11.8 Å². The van der Waals surface area contributed by atoms with Crippen LogP contribution in [0.2, 0.25) is 0 Å². The molecule has 1 aromatic carbocycles. The summed E-state index contributed by atoms with van der Waals surface area (Å²) in [6.07, 6.45) is 6.93. The number of nitrogens with zero attached hydrogens (tertiary/aromatic N) is 1. The molecule has 0 N–H and O–H groups in total. The first-order valence-corrected chi connectivity index (χ1v) is 7.10. The highest BCUT2D eigenvalue weighted by Gasteiger charge is 2.40. The third-order valence-corrected chi connectivity index (χ3v) is 4.53. The summed E-state index contributed by atoms with van der Waals surface area (Å²) < 4.78 is 0. The lowest BCUT2D eigenvalue weighted by molar-refractivity contribution is 0.254. The average molecular weight is 247 g/mol. The van der Waals surface area contributed by atoms with Crippen molar-refractivity contribution >= 4 is 17.8 Å². The summed E-state index contributed by atoms with van der Waals surface area (Å²) in [4.78, 5) is 16.0. The van der Waals surface area contributed by atoms with Crippen LogP contribution in [0.5, 0.6) is 0 Å². The number of hydrogen-bond acceptors (Lipinski definition) is 3. The summed E-state index contributed by atoms with van der Waals surface area (Å²) in [5.41, 5.74) is 3.49. The van der Waals surface area contributed by atoms with E-state index in [-0.39, 0.29) is 5.54 Å². The van der Waals surface area contributed by atoms with Crippen LogP contribution in [0.1, 0.15) is 36.0 Å². The number of aliphatic imine (C=N–C) groups is 1. The number of thioether (sulfide) groups is 1. The Labute approximate surface area is 107 Å². The van der Waals surface area contributed by atoms with E-state index in [4.69, 9.17) is 0 Å². The van der Waals surface area contributed by atoms with Gasteiger partial charge in [-0.25, -0.2) is 4.79 Å².